The Balaban J connectivity index is 2.60. The number of amides is 1. The number of likely N-dealkylation sites (N-methyl/N-ethyl adjacent to an activating group) is 1. The highest BCUT2D eigenvalue weighted by Gasteiger charge is 2.31. The van der Waals surface area contributed by atoms with Gasteiger partial charge in [-0.25, -0.2) is 0 Å². The zero-order valence-electron chi connectivity index (χ0n) is 9.56. The lowest BCUT2D eigenvalue weighted by Gasteiger charge is -2.40. The molecule has 0 aromatic rings. The number of carbonyl (C=O) groups is 1. The SMILES string of the molecule is CNC(=O)C(C)N1CC(CO)OCC1C. The second-order valence-electron chi connectivity index (χ2n) is 3.97. The maximum Gasteiger partial charge on any atom is 0.236 e. The molecule has 0 spiro atoms. The molecule has 5 nitrogen and oxygen atoms in total. The first-order chi connectivity index (χ1) is 7.10. The summed E-state index contributed by atoms with van der Waals surface area (Å²) in [7, 11) is 1.63. The normalized spacial score (nSPS) is 29.9. The second kappa shape index (κ2) is 5.44. The van der Waals surface area contributed by atoms with E-state index in [1.54, 1.807) is 7.05 Å². The predicted octanol–water partition coefficient (Wildman–Crippen LogP) is -0.797. The van der Waals surface area contributed by atoms with Crippen molar-refractivity contribution in [3.05, 3.63) is 0 Å². The first-order valence-corrected chi connectivity index (χ1v) is 5.30. The van der Waals surface area contributed by atoms with Gasteiger partial charge in [0.15, 0.2) is 0 Å². The summed E-state index contributed by atoms with van der Waals surface area (Å²) in [6, 6.07) is 0.0306. The highest BCUT2D eigenvalue weighted by Crippen LogP contribution is 2.14. The molecule has 0 aromatic heterocycles. The minimum atomic E-state index is -0.178. The van der Waals surface area contributed by atoms with Crippen molar-refractivity contribution < 1.29 is 14.6 Å². The molecule has 1 amide bonds. The molecule has 15 heavy (non-hydrogen) atoms. The van der Waals surface area contributed by atoms with Gasteiger partial charge in [0, 0.05) is 19.6 Å². The highest BCUT2D eigenvalue weighted by molar-refractivity contribution is 5.81. The Bertz CT molecular complexity index is 223. The number of morpholine rings is 1. The van der Waals surface area contributed by atoms with E-state index in [9.17, 15) is 4.79 Å². The zero-order valence-corrected chi connectivity index (χ0v) is 9.56. The molecule has 3 atom stereocenters. The van der Waals surface area contributed by atoms with Gasteiger partial charge in [0.1, 0.15) is 0 Å². The highest BCUT2D eigenvalue weighted by atomic mass is 16.5. The number of hydrogen-bond donors (Lipinski definition) is 2. The molecule has 3 unspecified atom stereocenters. The molecule has 1 heterocycles. The van der Waals surface area contributed by atoms with Crippen LogP contribution in [0.5, 0.6) is 0 Å². The Morgan fingerprint density at radius 1 is 1.73 bits per heavy atom. The van der Waals surface area contributed by atoms with Gasteiger partial charge in [-0.05, 0) is 13.8 Å². The minimum absolute atomic E-state index is 0.000407. The molecular weight excluding hydrogens is 196 g/mol. The van der Waals surface area contributed by atoms with E-state index < -0.39 is 0 Å². The molecule has 1 saturated heterocycles. The fourth-order valence-electron chi connectivity index (χ4n) is 1.85. The minimum Gasteiger partial charge on any atom is -0.394 e. The van der Waals surface area contributed by atoms with Crippen LogP contribution in [0.1, 0.15) is 13.8 Å². The van der Waals surface area contributed by atoms with Crippen molar-refractivity contribution in [3.63, 3.8) is 0 Å². The zero-order chi connectivity index (χ0) is 11.4. The first-order valence-electron chi connectivity index (χ1n) is 5.30. The van der Waals surface area contributed by atoms with Crippen LogP contribution in [0.4, 0.5) is 0 Å². The van der Waals surface area contributed by atoms with Crippen LogP contribution in [0.3, 0.4) is 0 Å². The van der Waals surface area contributed by atoms with Crippen LogP contribution in [-0.4, -0.2) is 60.9 Å². The molecule has 1 aliphatic heterocycles. The van der Waals surface area contributed by atoms with Crippen molar-refractivity contribution in [2.45, 2.75) is 32.0 Å². The van der Waals surface area contributed by atoms with Crippen molar-refractivity contribution in [1.29, 1.82) is 0 Å². The van der Waals surface area contributed by atoms with E-state index in [1.807, 2.05) is 13.8 Å². The molecule has 0 saturated carbocycles. The van der Waals surface area contributed by atoms with Gasteiger partial charge in [-0.1, -0.05) is 0 Å². The van der Waals surface area contributed by atoms with Gasteiger partial charge < -0.3 is 15.2 Å². The van der Waals surface area contributed by atoms with Gasteiger partial charge in [0.2, 0.25) is 5.91 Å². The van der Waals surface area contributed by atoms with Crippen LogP contribution in [0.15, 0.2) is 0 Å². The third-order valence-electron chi connectivity index (χ3n) is 2.88. The molecule has 5 heteroatoms. The summed E-state index contributed by atoms with van der Waals surface area (Å²) in [4.78, 5) is 13.6. The fourth-order valence-corrected chi connectivity index (χ4v) is 1.85. The number of carbonyl (C=O) groups excluding carboxylic acids is 1. The third-order valence-corrected chi connectivity index (χ3v) is 2.88. The number of aliphatic hydroxyl groups is 1. The van der Waals surface area contributed by atoms with E-state index >= 15 is 0 Å². The number of nitrogens with zero attached hydrogens (tertiary/aromatic N) is 1. The van der Waals surface area contributed by atoms with Gasteiger partial charge >= 0.3 is 0 Å². The lowest BCUT2D eigenvalue weighted by Crippen LogP contribution is -2.56. The van der Waals surface area contributed by atoms with Gasteiger partial charge in [0.25, 0.3) is 0 Å². The molecule has 88 valence electrons. The molecule has 1 fully saturated rings. The van der Waals surface area contributed by atoms with E-state index in [0.717, 1.165) is 0 Å². The number of ether oxygens (including phenoxy) is 1. The Labute approximate surface area is 90.4 Å². The lowest BCUT2D eigenvalue weighted by molar-refractivity contribution is -0.133. The fraction of sp³-hybridized carbons (Fsp3) is 0.900. The second-order valence-corrected chi connectivity index (χ2v) is 3.97. The third kappa shape index (κ3) is 2.90. The standard InChI is InChI=1S/C10H20N2O3/c1-7-6-15-9(5-13)4-12(7)8(2)10(14)11-3/h7-9,13H,4-6H2,1-3H3,(H,11,14). The Morgan fingerprint density at radius 3 is 2.93 bits per heavy atom. The van der Waals surface area contributed by atoms with Crippen molar-refractivity contribution in [3.8, 4) is 0 Å². The van der Waals surface area contributed by atoms with E-state index in [-0.39, 0.29) is 30.7 Å². The Hall–Kier alpha value is -0.650. The maximum atomic E-state index is 11.5. The van der Waals surface area contributed by atoms with Crippen molar-refractivity contribution in [2.24, 2.45) is 0 Å². The molecular formula is C10H20N2O3. The summed E-state index contributed by atoms with van der Waals surface area (Å²) in [5.74, 6) is 0.000407. The van der Waals surface area contributed by atoms with Crippen molar-refractivity contribution in [1.82, 2.24) is 10.2 Å². The van der Waals surface area contributed by atoms with Gasteiger partial charge in [-0.2, -0.15) is 0 Å². The largest absolute Gasteiger partial charge is 0.394 e. The number of rotatable bonds is 3. The summed E-state index contributed by atoms with van der Waals surface area (Å²) in [5.41, 5.74) is 0. The lowest BCUT2D eigenvalue weighted by atomic mass is 10.1. The summed E-state index contributed by atoms with van der Waals surface area (Å²) >= 11 is 0. The van der Waals surface area contributed by atoms with Crippen molar-refractivity contribution >= 4 is 5.91 Å². The average molecular weight is 216 g/mol. The molecule has 0 bridgehead atoms. The molecule has 1 aliphatic rings. The molecule has 2 N–H and O–H groups in total. The van der Waals surface area contributed by atoms with Crippen molar-refractivity contribution in [2.75, 3.05) is 26.8 Å². The molecule has 0 aromatic carbocycles. The summed E-state index contributed by atoms with van der Waals surface area (Å²) < 4.78 is 5.41. The molecule has 0 radical (unpaired) electrons. The summed E-state index contributed by atoms with van der Waals surface area (Å²) in [6.45, 7) is 5.06. The van der Waals surface area contributed by atoms with E-state index in [1.165, 1.54) is 0 Å². The quantitative estimate of drug-likeness (QED) is 0.648. The van der Waals surface area contributed by atoms with Crippen LogP contribution in [0, 0.1) is 0 Å². The van der Waals surface area contributed by atoms with E-state index in [2.05, 4.69) is 10.2 Å². The summed E-state index contributed by atoms with van der Waals surface area (Å²) in [6.07, 6.45) is -0.173. The first kappa shape index (κ1) is 12.4. The van der Waals surface area contributed by atoms with Gasteiger partial charge in [-0.15, -0.1) is 0 Å². The number of nitrogens with one attached hydrogen (secondary N) is 1. The molecule has 1 rings (SSSR count). The average Bonchev–Trinajstić information content (AvgIpc) is 2.27. The monoisotopic (exact) mass is 216 g/mol. The smallest absolute Gasteiger partial charge is 0.236 e. The van der Waals surface area contributed by atoms with E-state index in [0.29, 0.717) is 13.2 Å². The molecule has 0 aliphatic carbocycles. The van der Waals surface area contributed by atoms with Crippen LogP contribution in [0.2, 0.25) is 0 Å². The van der Waals surface area contributed by atoms with Crippen LogP contribution in [0.25, 0.3) is 0 Å². The maximum absolute atomic E-state index is 11.5. The Morgan fingerprint density at radius 2 is 2.40 bits per heavy atom. The number of hydrogen-bond acceptors (Lipinski definition) is 4. The van der Waals surface area contributed by atoms with Crippen LogP contribution >= 0.6 is 0 Å². The van der Waals surface area contributed by atoms with Gasteiger partial charge in [0.05, 0.1) is 25.4 Å². The summed E-state index contributed by atoms with van der Waals surface area (Å²) in [5, 5.41) is 11.7. The number of aliphatic hydroxyl groups excluding tert-OH is 1. The van der Waals surface area contributed by atoms with Crippen LogP contribution in [-0.2, 0) is 9.53 Å². The van der Waals surface area contributed by atoms with E-state index in [4.69, 9.17) is 9.84 Å². The van der Waals surface area contributed by atoms with Gasteiger partial charge in [-0.3, -0.25) is 9.69 Å². The topological polar surface area (TPSA) is 61.8 Å². The predicted molar refractivity (Wildman–Crippen MR) is 56.5 cm³/mol. The van der Waals surface area contributed by atoms with Crippen LogP contribution < -0.4 is 5.32 Å². The Kier molecular flexibility index (Phi) is 4.50.